The average molecular weight is 276 g/mol. The summed E-state index contributed by atoms with van der Waals surface area (Å²) in [5.41, 5.74) is 1.97. The van der Waals surface area contributed by atoms with Crippen LogP contribution in [0.1, 0.15) is 62.5 Å². The van der Waals surface area contributed by atoms with Crippen molar-refractivity contribution in [3.63, 3.8) is 0 Å². The molecule has 0 saturated heterocycles. The Labute approximate surface area is 121 Å². The number of benzene rings is 1. The van der Waals surface area contributed by atoms with Gasteiger partial charge in [0.2, 0.25) is 0 Å². The largest absolute Gasteiger partial charge is 0.487 e. The summed E-state index contributed by atoms with van der Waals surface area (Å²) in [5, 5.41) is 0. The second-order valence-corrected chi connectivity index (χ2v) is 6.54. The highest BCUT2D eigenvalue weighted by Crippen LogP contribution is 2.32. The minimum absolute atomic E-state index is 0.132. The quantitative estimate of drug-likeness (QED) is 0.735. The summed E-state index contributed by atoms with van der Waals surface area (Å²) >= 11 is 0. The molecule has 0 aliphatic heterocycles. The molecule has 0 spiro atoms. The van der Waals surface area contributed by atoms with Gasteiger partial charge in [0.15, 0.2) is 11.6 Å². The number of rotatable bonds is 4. The van der Waals surface area contributed by atoms with Crippen LogP contribution in [0.5, 0.6) is 5.75 Å². The van der Waals surface area contributed by atoms with Crippen LogP contribution in [0.25, 0.3) is 0 Å². The van der Waals surface area contributed by atoms with Crippen molar-refractivity contribution < 1.29 is 9.13 Å². The van der Waals surface area contributed by atoms with E-state index in [0.717, 1.165) is 30.7 Å². The number of hydrogen-bond acceptors (Lipinski definition) is 1. The van der Waals surface area contributed by atoms with E-state index in [1.165, 1.54) is 44.1 Å². The fraction of sp³-hybridized carbons (Fsp3) is 0.667. The fourth-order valence-electron chi connectivity index (χ4n) is 3.72. The van der Waals surface area contributed by atoms with Crippen molar-refractivity contribution in [2.75, 3.05) is 0 Å². The molecular weight excluding hydrogens is 251 g/mol. The van der Waals surface area contributed by atoms with Crippen LogP contribution < -0.4 is 4.74 Å². The summed E-state index contributed by atoms with van der Waals surface area (Å²) in [5.74, 6) is 1.09. The molecule has 0 aromatic heterocycles. The lowest BCUT2D eigenvalue weighted by Gasteiger charge is -2.17. The molecule has 2 aliphatic carbocycles. The molecule has 2 aliphatic rings. The molecule has 0 radical (unpaired) electrons. The van der Waals surface area contributed by atoms with Gasteiger partial charge in [-0.15, -0.1) is 0 Å². The molecule has 20 heavy (non-hydrogen) atoms. The Hall–Kier alpha value is -1.05. The Morgan fingerprint density at radius 1 is 1.05 bits per heavy atom. The standard InChI is InChI=1S/C18H25FO/c1-13-15(12-14-6-2-3-7-14)10-11-17(18(13)19)20-16-8-4-5-9-16/h10-11,14,16H,2-9,12H2,1H3. The Kier molecular flexibility index (Phi) is 4.28. The molecule has 1 aromatic carbocycles. The zero-order valence-corrected chi connectivity index (χ0v) is 12.5. The summed E-state index contributed by atoms with van der Waals surface area (Å²) in [6.45, 7) is 1.90. The molecule has 3 rings (SSSR count). The molecule has 2 fully saturated rings. The number of ether oxygens (including phenoxy) is 1. The molecular formula is C18H25FO. The minimum Gasteiger partial charge on any atom is -0.487 e. The summed E-state index contributed by atoms with van der Waals surface area (Å²) < 4.78 is 20.3. The lowest BCUT2D eigenvalue weighted by molar-refractivity contribution is 0.200. The second-order valence-electron chi connectivity index (χ2n) is 6.54. The lowest BCUT2D eigenvalue weighted by Crippen LogP contribution is -2.13. The van der Waals surface area contributed by atoms with Crippen LogP contribution in [0, 0.1) is 18.7 Å². The van der Waals surface area contributed by atoms with Crippen LogP contribution in [0.3, 0.4) is 0 Å². The van der Waals surface area contributed by atoms with E-state index in [1.54, 1.807) is 0 Å². The van der Waals surface area contributed by atoms with E-state index < -0.39 is 0 Å². The van der Waals surface area contributed by atoms with E-state index in [9.17, 15) is 4.39 Å². The van der Waals surface area contributed by atoms with Crippen LogP contribution in [0.4, 0.5) is 4.39 Å². The van der Waals surface area contributed by atoms with Gasteiger partial charge in [-0.2, -0.15) is 0 Å². The fourth-order valence-corrected chi connectivity index (χ4v) is 3.72. The smallest absolute Gasteiger partial charge is 0.168 e. The van der Waals surface area contributed by atoms with Gasteiger partial charge in [-0.25, -0.2) is 4.39 Å². The predicted octanol–water partition coefficient (Wildman–Crippen LogP) is 5.19. The Balaban J connectivity index is 1.71. The number of halogens is 1. The van der Waals surface area contributed by atoms with Crippen molar-refractivity contribution in [1.82, 2.24) is 0 Å². The second kappa shape index (κ2) is 6.15. The first kappa shape index (κ1) is 13.9. The Morgan fingerprint density at radius 3 is 2.40 bits per heavy atom. The van der Waals surface area contributed by atoms with Crippen LogP contribution in [-0.4, -0.2) is 6.10 Å². The first-order chi connectivity index (χ1) is 9.74. The lowest BCUT2D eigenvalue weighted by atomic mass is 9.94. The van der Waals surface area contributed by atoms with Gasteiger partial charge in [-0.3, -0.25) is 0 Å². The van der Waals surface area contributed by atoms with Gasteiger partial charge in [0.25, 0.3) is 0 Å². The van der Waals surface area contributed by atoms with Crippen LogP contribution >= 0.6 is 0 Å². The van der Waals surface area contributed by atoms with E-state index in [0.29, 0.717) is 5.75 Å². The van der Waals surface area contributed by atoms with Crippen molar-refractivity contribution in [3.05, 3.63) is 29.1 Å². The van der Waals surface area contributed by atoms with Gasteiger partial charge >= 0.3 is 0 Å². The molecule has 0 atom stereocenters. The molecule has 0 bridgehead atoms. The highest BCUT2D eigenvalue weighted by Gasteiger charge is 2.21. The van der Waals surface area contributed by atoms with Crippen molar-refractivity contribution >= 4 is 0 Å². The molecule has 0 N–H and O–H groups in total. The Morgan fingerprint density at radius 2 is 1.70 bits per heavy atom. The topological polar surface area (TPSA) is 9.23 Å². The first-order valence-corrected chi connectivity index (χ1v) is 8.18. The third-order valence-electron chi connectivity index (χ3n) is 5.04. The SMILES string of the molecule is Cc1c(CC2CCCC2)ccc(OC2CCCC2)c1F. The van der Waals surface area contributed by atoms with E-state index in [-0.39, 0.29) is 11.9 Å². The number of hydrogen-bond donors (Lipinski definition) is 0. The van der Waals surface area contributed by atoms with E-state index in [2.05, 4.69) is 6.07 Å². The van der Waals surface area contributed by atoms with Crippen LogP contribution in [-0.2, 0) is 6.42 Å². The van der Waals surface area contributed by atoms with Crippen molar-refractivity contribution in [3.8, 4) is 5.75 Å². The summed E-state index contributed by atoms with van der Waals surface area (Å²) in [6, 6.07) is 3.94. The van der Waals surface area contributed by atoms with Gasteiger partial charge in [-0.1, -0.05) is 31.7 Å². The zero-order chi connectivity index (χ0) is 13.9. The first-order valence-electron chi connectivity index (χ1n) is 8.18. The summed E-state index contributed by atoms with van der Waals surface area (Å²) in [7, 11) is 0. The highest BCUT2D eigenvalue weighted by atomic mass is 19.1. The predicted molar refractivity (Wildman–Crippen MR) is 79.7 cm³/mol. The highest BCUT2D eigenvalue weighted by molar-refractivity contribution is 5.37. The van der Waals surface area contributed by atoms with E-state index in [1.807, 2.05) is 13.0 Å². The van der Waals surface area contributed by atoms with Crippen molar-refractivity contribution in [2.45, 2.75) is 70.8 Å². The van der Waals surface area contributed by atoms with Crippen molar-refractivity contribution in [2.24, 2.45) is 5.92 Å². The third-order valence-corrected chi connectivity index (χ3v) is 5.04. The molecule has 2 saturated carbocycles. The van der Waals surface area contributed by atoms with Crippen LogP contribution in [0.15, 0.2) is 12.1 Å². The minimum atomic E-state index is -0.132. The third kappa shape index (κ3) is 2.99. The summed E-state index contributed by atoms with van der Waals surface area (Å²) in [6.07, 6.45) is 11.1. The van der Waals surface area contributed by atoms with Gasteiger partial charge in [0.1, 0.15) is 0 Å². The normalized spacial score (nSPS) is 20.7. The van der Waals surface area contributed by atoms with Gasteiger partial charge in [-0.05, 0) is 62.1 Å². The zero-order valence-electron chi connectivity index (χ0n) is 12.5. The van der Waals surface area contributed by atoms with Gasteiger partial charge in [0, 0.05) is 0 Å². The van der Waals surface area contributed by atoms with Gasteiger partial charge in [0.05, 0.1) is 6.10 Å². The maximum atomic E-state index is 14.5. The van der Waals surface area contributed by atoms with Crippen LogP contribution in [0.2, 0.25) is 0 Å². The molecule has 110 valence electrons. The molecule has 0 unspecified atom stereocenters. The Bertz CT molecular complexity index is 414. The molecule has 2 heteroatoms. The van der Waals surface area contributed by atoms with E-state index in [4.69, 9.17) is 4.74 Å². The monoisotopic (exact) mass is 276 g/mol. The van der Waals surface area contributed by atoms with Gasteiger partial charge < -0.3 is 4.74 Å². The molecule has 0 heterocycles. The summed E-state index contributed by atoms with van der Waals surface area (Å²) in [4.78, 5) is 0. The maximum absolute atomic E-state index is 14.5. The average Bonchev–Trinajstić information content (AvgIpc) is 3.12. The maximum Gasteiger partial charge on any atom is 0.168 e. The van der Waals surface area contributed by atoms with E-state index >= 15 is 0 Å². The molecule has 0 amide bonds. The van der Waals surface area contributed by atoms with Crippen molar-refractivity contribution in [1.29, 1.82) is 0 Å². The molecule has 1 nitrogen and oxygen atoms in total. The molecule has 1 aromatic rings.